The molecule has 0 unspecified atom stereocenters. The number of nitrogen functional groups attached to an aromatic ring is 1. The summed E-state index contributed by atoms with van der Waals surface area (Å²) in [5.74, 6) is -0.940. The van der Waals surface area contributed by atoms with Gasteiger partial charge in [0.1, 0.15) is 0 Å². The minimum absolute atomic E-state index is 0.254. The molecule has 0 bridgehead atoms. The molecule has 1 aromatic rings. The van der Waals surface area contributed by atoms with Crippen LogP contribution >= 0.6 is 15.9 Å². The van der Waals surface area contributed by atoms with Crippen LogP contribution in [0.1, 0.15) is 48.5 Å². The fourth-order valence-electron chi connectivity index (χ4n) is 1.84. The summed E-state index contributed by atoms with van der Waals surface area (Å²) < 4.78 is 0.634. The molecule has 0 amide bonds. The van der Waals surface area contributed by atoms with Gasteiger partial charge in [-0.1, -0.05) is 26.2 Å². The van der Waals surface area contributed by atoms with E-state index in [4.69, 9.17) is 10.8 Å². The average molecular weight is 329 g/mol. The van der Waals surface area contributed by atoms with E-state index < -0.39 is 5.97 Å². The van der Waals surface area contributed by atoms with Gasteiger partial charge in [0.15, 0.2) is 0 Å². The van der Waals surface area contributed by atoms with Gasteiger partial charge < -0.3 is 16.2 Å². The maximum atomic E-state index is 11.0. The molecule has 0 saturated heterocycles. The number of aromatic carboxylic acids is 1. The minimum atomic E-state index is -0.940. The predicted octanol–water partition coefficient (Wildman–Crippen LogP) is 3.40. The summed E-state index contributed by atoms with van der Waals surface area (Å²) >= 11 is 3.29. The molecule has 1 aromatic carbocycles. The molecule has 0 radical (unpaired) electrons. The zero-order chi connectivity index (χ0) is 14.3. The van der Waals surface area contributed by atoms with Gasteiger partial charge in [0.2, 0.25) is 0 Å². The Morgan fingerprint density at radius 3 is 2.74 bits per heavy atom. The van der Waals surface area contributed by atoms with Gasteiger partial charge in [-0.05, 0) is 46.6 Å². The lowest BCUT2D eigenvalue weighted by molar-refractivity contribution is 0.0696. The SMILES string of the molecule is CCCCCCNCc1cc(C(=O)O)cc(Br)c1N. The van der Waals surface area contributed by atoms with E-state index in [1.165, 1.54) is 25.3 Å². The molecule has 0 aliphatic rings. The highest BCUT2D eigenvalue weighted by atomic mass is 79.9. The second-order valence-corrected chi connectivity index (χ2v) is 5.43. The highest BCUT2D eigenvalue weighted by Gasteiger charge is 2.10. The number of carboxylic acid groups (broad SMARTS) is 1. The Bertz CT molecular complexity index is 436. The van der Waals surface area contributed by atoms with Crippen LogP contribution in [0.2, 0.25) is 0 Å². The number of carbonyl (C=O) groups is 1. The Morgan fingerprint density at radius 2 is 2.11 bits per heavy atom. The summed E-state index contributed by atoms with van der Waals surface area (Å²) in [6.45, 7) is 3.70. The molecule has 5 heteroatoms. The van der Waals surface area contributed by atoms with Gasteiger partial charge in [-0.25, -0.2) is 4.79 Å². The van der Waals surface area contributed by atoms with Crippen LogP contribution in [0.3, 0.4) is 0 Å². The number of anilines is 1. The van der Waals surface area contributed by atoms with Gasteiger partial charge in [-0.3, -0.25) is 0 Å². The van der Waals surface area contributed by atoms with E-state index in [1.807, 2.05) is 0 Å². The maximum Gasteiger partial charge on any atom is 0.335 e. The van der Waals surface area contributed by atoms with E-state index >= 15 is 0 Å². The van der Waals surface area contributed by atoms with Gasteiger partial charge in [-0.15, -0.1) is 0 Å². The number of hydrogen-bond acceptors (Lipinski definition) is 3. The first-order chi connectivity index (χ1) is 9.06. The Labute approximate surface area is 122 Å². The number of rotatable bonds is 8. The smallest absolute Gasteiger partial charge is 0.335 e. The van der Waals surface area contributed by atoms with Gasteiger partial charge >= 0.3 is 5.97 Å². The Morgan fingerprint density at radius 1 is 1.37 bits per heavy atom. The van der Waals surface area contributed by atoms with Crippen LogP contribution < -0.4 is 11.1 Å². The van der Waals surface area contributed by atoms with Crippen molar-refractivity contribution in [2.24, 2.45) is 0 Å². The van der Waals surface area contributed by atoms with Crippen molar-refractivity contribution in [2.75, 3.05) is 12.3 Å². The summed E-state index contributed by atoms with van der Waals surface area (Å²) in [5.41, 5.74) is 7.61. The quantitative estimate of drug-likeness (QED) is 0.505. The summed E-state index contributed by atoms with van der Waals surface area (Å²) in [6, 6.07) is 3.16. The van der Waals surface area contributed by atoms with Gasteiger partial charge in [0.25, 0.3) is 0 Å². The van der Waals surface area contributed by atoms with Crippen molar-refractivity contribution in [2.45, 2.75) is 39.2 Å². The molecule has 0 aliphatic heterocycles. The van der Waals surface area contributed by atoms with Crippen LogP contribution in [0.15, 0.2) is 16.6 Å². The lowest BCUT2D eigenvalue weighted by Gasteiger charge is -2.10. The lowest BCUT2D eigenvalue weighted by Crippen LogP contribution is -2.16. The van der Waals surface area contributed by atoms with Crippen LogP contribution in [0.5, 0.6) is 0 Å². The molecule has 1 rings (SSSR count). The molecule has 0 aromatic heterocycles. The molecule has 19 heavy (non-hydrogen) atoms. The third-order valence-electron chi connectivity index (χ3n) is 2.98. The minimum Gasteiger partial charge on any atom is -0.478 e. The molecular weight excluding hydrogens is 308 g/mol. The van der Waals surface area contributed by atoms with Crippen molar-refractivity contribution in [3.63, 3.8) is 0 Å². The highest BCUT2D eigenvalue weighted by molar-refractivity contribution is 9.10. The van der Waals surface area contributed by atoms with Crippen LogP contribution in [0.4, 0.5) is 5.69 Å². The van der Waals surface area contributed by atoms with E-state index in [1.54, 1.807) is 6.07 Å². The number of halogens is 1. The summed E-state index contributed by atoms with van der Waals surface area (Å²) in [4.78, 5) is 11.0. The molecule has 4 N–H and O–H groups in total. The molecule has 0 fully saturated rings. The standard InChI is InChI=1S/C14H21BrN2O2/c1-2-3-4-5-6-17-9-11-7-10(14(18)19)8-12(15)13(11)16/h7-8,17H,2-6,9,16H2,1H3,(H,18,19). The summed E-state index contributed by atoms with van der Waals surface area (Å²) in [6.07, 6.45) is 4.83. The van der Waals surface area contributed by atoms with Crippen molar-refractivity contribution in [3.05, 3.63) is 27.7 Å². The number of carboxylic acids is 1. The van der Waals surface area contributed by atoms with E-state index in [0.717, 1.165) is 18.5 Å². The first-order valence-corrected chi connectivity index (χ1v) is 7.37. The summed E-state index contributed by atoms with van der Waals surface area (Å²) in [7, 11) is 0. The zero-order valence-corrected chi connectivity index (χ0v) is 12.8. The molecule has 0 aliphatic carbocycles. The van der Waals surface area contributed by atoms with Crippen molar-refractivity contribution in [1.82, 2.24) is 5.32 Å². The van der Waals surface area contributed by atoms with Crippen molar-refractivity contribution in [1.29, 1.82) is 0 Å². The predicted molar refractivity (Wildman–Crippen MR) is 81.4 cm³/mol. The van der Waals surface area contributed by atoms with Gasteiger partial charge in [0, 0.05) is 11.0 Å². The Balaban J connectivity index is 2.55. The molecule has 0 heterocycles. The molecule has 0 spiro atoms. The molecular formula is C14H21BrN2O2. The fraction of sp³-hybridized carbons (Fsp3) is 0.500. The molecule has 0 saturated carbocycles. The van der Waals surface area contributed by atoms with E-state index in [-0.39, 0.29) is 5.56 Å². The third kappa shape index (κ3) is 5.20. The van der Waals surface area contributed by atoms with E-state index in [9.17, 15) is 4.79 Å². The number of benzene rings is 1. The Kier molecular flexibility index (Phi) is 6.87. The van der Waals surface area contributed by atoms with Crippen LogP contribution in [0, 0.1) is 0 Å². The van der Waals surface area contributed by atoms with Crippen molar-refractivity contribution >= 4 is 27.6 Å². The maximum absolute atomic E-state index is 11.0. The lowest BCUT2D eigenvalue weighted by atomic mass is 10.1. The second kappa shape index (κ2) is 8.17. The molecule has 4 nitrogen and oxygen atoms in total. The Hall–Kier alpha value is -1.07. The zero-order valence-electron chi connectivity index (χ0n) is 11.2. The third-order valence-corrected chi connectivity index (χ3v) is 3.64. The normalized spacial score (nSPS) is 10.6. The monoisotopic (exact) mass is 328 g/mol. The number of nitrogens with one attached hydrogen (secondary N) is 1. The largest absolute Gasteiger partial charge is 0.478 e. The molecule has 0 atom stereocenters. The topological polar surface area (TPSA) is 75.3 Å². The highest BCUT2D eigenvalue weighted by Crippen LogP contribution is 2.25. The fourth-order valence-corrected chi connectivity index (χ4v) is 2.35. The van der Waals surface area contributed by atoms with Gasteiger partial charge in [0.05, 0.1) is 11.3 Å². The van der Waals surface area contributed by atoms with E-state index in [2.05, 4.69) is 28.2 Å². The second-order valence-electron chi connectivity index (χ2n) is 4.57. The van der Waals surface area contributed by atoms with Crippen molar-refractivity contribution < 1.29 is 9.90 Å². The van der Waals surface area contributed by atoms with E-state index in [0.29, 0.717) is 16.7 Å². The first kappa shape index (κ1) is 16.0. The number of hydrogen-bond donors (Lipinski definition) is 3. The molecule has 106 valence electrons. The van der Waals surface area contributed by atoms with Gasteiger partial charge in [-0.2, -0.15) is 0 Å². The average Bonchev–Trinajstić information content (AvgIpc) is 2.37. The van der Waals surface area contributed by atoms with Crippen LogP contribution in [-0.2, 0) is 6.54 Å². The first-order valence-electron chi connectivity index (χ1n) is 6.58. The summed E-state index contributed by atoms with van der Waals surface area (Å²) in [5, 5.41) is 12.3. The van der Waals surface area contributed by atoms with Crippen LogP contribution in [0.25, 0.3) is 0 Å². The van der Waals surface area contributed by atoms with Crippen molar-refractivity contribution in [3.8, 4) is 0 Å². The number of nitrogens with two attached hydrogens (primary N) is 1. The van der Waals surface area contributed by atoms with Crippen LogP contribution in [-0.4, -0.2) is 17.6 Å². The number of unbranched alkanes of at least 4 members (excludes halogenated alkanes) is 3.